The van der Waals surface area contributed by atoms with Gasteiger partial charge >= 0.3 is 0 Å². The molecule has 0 bridgehead atoms. The molecule has 4 fully saturated rings. The van der Waals surface area contributed by atoms with Gasteiger partial charge in [-0.05, 0) is 107 Å². The van der Waals surface area contributed by atoms with Crippen LogP contribution in [0.3, 0.4) is 0 Å². The first-order valence-corrected chi connectivity index (χ1v) is 23.2. The molecule has 0 saturated carbocycles. The maximum Gasteiger partial charge on any atom is 0.122 e. The molecular formula is C57H64O8. The molecule has 4 aliphatic heterocycles. The van der Waals surface area contributed by atoms with Gasteiger partial charge < -0.3 is 37.9 Å². The average Bonchev–Trinajstić information content (AvgIpc) is 4.09. The van der Waals surface area contributed by atoms with Crippen LogP contribution in [0.5, 0.6) is 17.2 Å². The molecule has 0 radical (unpaired) electrons. The molecule has 8 rings (SSSR count). The summed E-state index contributed by atoms with van der Waals surface area (Å²) in [5.74, 6) is 3.32. The van der Waals surface area contributed by atoms with E-state index in [-0.39, 0.29) is 36.3 Å². The quantitative estimate of drug-likeness (QED) is 0.0183. The van der Waals surface area contributed by atoms with Crippen LogP contribution in [0.25, 0.3) is 0 Å². The molecule has 4 aliphatic rings. The number of hydrogen-bond acceptors (Lipinski definition) is 8. The van der Waals surface area contributed by atoms with E-state index in [2.05, 4.69) is 118 Å². The normalized spacial score (nSPS) is 20.7. The van der Waals surface area contributed by atoms with E-state index in [1.54, 1.807) is 0 Å². The first-order valence-electron chi connectivity index (χ1n) is 23.2. The minimum Gasteiger partial charge on any atom is -0.495 e. The lowest BCUT2D eigenvalue weighted by molar-refractivity contribution is 0.182. The predicted octanol–water partition coefficient (Wildman–Crippen LogP) is 11.1. The molecule has 0 N–H and O–H groups in total. The molecule has 0 spiro atoms. The topological polar surface area (TPSA) is 87.0 Å². The summed E-state index contributed by atoms with van der Waals surface area (Å²) in [4.78, 5) is 0. The molecule has 65 heavy (non-hydrogen) atoms. The van der Waals surface area contributed by atoms with Gasteiger partial charge in [0.2, 0.25) is 0 Å². The maximum atomic E-state index is 6.29. The summed E-state index contributed by atoms with van der Waals surface area (Å²) in [6, 6.07) is 29.0. The third-order valence-corrected chi connectivity index (χ3v) is 12.3. The third-order valence-electron chi connectivity index (χ3n) is 12.3. The smallest absolute Gasteiger partial charge is 0.122 e. The number of allylic oxidation sites excluding steroid dienone is 8. The molecule has 0 aromatic heterocycles. The fourth-order valence-corrected chi connectivity index (χ4v) is 8.37. The Morgan fingerprint density at radius 2 is 0.954 bits per heavy atom. The Bertz CT molecular complexity index is 2280. The second kappa shape index (κ2) is 22.0. The van der Waals surface area contributed by atoms with E-state index >= 15 is 0 Å². The van der Waals surface area contributed by atoms with Crippen LogP contribution in [0.1, 0.15) is 83.0 Å². The molecule has 4 aromatic rings. The van der Waals surface area contributed by atoms with Crippen LogP contribution in [0, 0.1) is 0 Å². The van der Waals surface area contributed by atoms with E-state index in [1.165, 1.54) is 22.3 Å². The molecule has 5 unspecified atom stereocenters. The van der Waals surface area contributed by atoms with Gasteiger partial charge in [-0.3, -0.25) is 0 Å². The van der Waals surface area contributed by atoms with Crippen molar-refractivity contribution in [2.75, 3.05) is 52.9 Å². The minimum atomic E-state index is -0.0964. The molecule has 0 amide bonds. The van der Waals surface area contributed by atoms with E-state index < -0.39 is 0 Å². The van der Waals surface area contributed by atoms with E-state index in [4.69, 9.17) is 37.9 Å². The highest BCUT2D eigenvalue weighted by atomic mass is 16.6. The number of hydrogen-bond donors (Lipinski definition) is 0. The van der Waals surface area contributed by atoms with Gasteiger partial charge in [-0.1, -0.05) is 104 Å². The monoisotopic (exact) mass is 876 g/mol. The highest BCUT2D eigenvalue weighted by Crippen LogP contribution is 2.41. The van der Waals surface area contributed by atoms with Gasteiger partial charge in [0.25, 0.3) is 0 Å². The van der Waals surface area contributed by atoms with Gasteiger partial charge in [0.05, 0.1) is 32.2 Å². The number of benzene rings is 4. The van der Waals surface area contributed by atoms with Crippen LogP contribution in [0.2, 0.25) is 0 Å². The first kappa shape index (κ1) is 45.9. The van der Waals surface area contributed by atoms with Crippen molar-refractivity contribution in [1.82, 2.24) is 0 Å². The lowest BCUT2D eigenvalue weighted by Gasteiger charge is -2.26. The molecule has 8 heteroatoms. The minimum absolute atomic E-state index is 0.0617. The average molecular weight is 877 g/mol. The second-order valence-electron chi connectivity index (χ2n) is 17.3. The Hall–Kier alpha value is -5.64. The summed E-state index contributed by atoms with van der Waals surface area (Å²) < 4.78 is 47.0. The van der Waals surface area contributed by atoms with Crippen molar-refractivity contribution in [3.63, 3.8) is 0 Å². The van der Waals surface area contributed by atoms with Crippen LogP contribution in [-0.4, -0.2) is 77.3 Å². The van der Waals surface area contributed by atoms with E-state index in [0.717, 1.165) is 89.2 Å². The number of ether oxygens (including phenoxy) is 8. The van der Waals surface area contributed by atoms with Crippen molar-refractivity contribution in [2.45, 2.75) is 82.2 Å². The molecule has 0 aliphatic carbocycles. The van der Waals surface area contributed by atoms with Crippen molar-refractivity contribution < 1.29 is 37.9 Å². The van der Waals surface area contributed by atoms with Crippen LogP contribution in [0.15, 0.2) is 152 Å². The second-order valence-corrected chi connectivity index (χ2v) is 17.3. The Balaban J connectivity index is 1.21. The summed E-state index contributed by atoms with van der Waals surface area (Å²) in [6.45, 7) is 25.8. The maximum absolute atomic E-state index is 6.29. The molecule has 4 saturated heterocycles. The largest absolute Gasteiger partial charge is 0.495 e. The van der Waals surface area contributed by atoms with Gasteiger partial charge in [0.1, 0.15) is 68.1 Å². The SMILES string of the molecule is C=CCC(/C=C(\CC)C(c1ccc(C(c2ccc(OCC3CO3)c(CC=C)c2)c2ccc(OCC3CO3)c(CC=C)c2)cc1)c1ccc(OCC2CO2)c(CC=C)c1)=C(/C)OCC1CO1. The molecule has 5 atom stereocenters. The summed E-state index contributed by atoms with van der Waals surface area (Å²) in [5.41, 5.74) is 11.5. The van der Waals surface area contributed by atoms with E-state index in [1.807, 2.05) is 31.2 Å². The zero-order chi connectivity index (χ0) is 45.1. The van der Waals surface area contributed by atoms with Crippen molar-refractivity contribution in [1.29, 1.82) is 0 Å². The van der Waals surface area contributed by atoms with Crippen molar-refractivity contribution >= 4 is 0 Å². The van der Waals surface area contributed by atoms with Crippen LogP contribution < -0.4 is 14.2 Å². The first-order chi connectivity index (χ1) is 31.9. The van der Waals surface area contributed by atoms with Crippen LogP contribution >= 0.6 is 0 Å². The summed E-state index contributed by atoms with van der Waals surface area (Å²) in [7, 11) is 0. The fraction of sp³-hybridized carbons (Fsp3) is 0.368. The highest BCUT2D eigenvalue weighted by molar-refractivity contribution is 5.53. The number of epoxide rings is 4. The Labute approximate surface area is 385 Å². The van der Waals surface area contributed by atoms with Crippen LogP contribution in [0.4, 0.5) is 0 Å². The zero-order valence-electron chi connectivity index (χ0n) is 38.1. The summed E-state index contributed by atoms with van der Waals surface area (Å²) >= 11 is 0. The van der Waals surface area contributed by atoms with Gasteiger partial charge in [0, 0.05) is 11.8 Å². The van der Waals surface area contributed by atoms with E-state index in [0.29, 0.717) is 52.1 Å². The third kappa shape index (κ3) is 12.6. The van der Waals surface area contributed by atoms with Gasteiger partial charge in [-0.15, -0.1) is 26.3 Å². The van der Waals surface area contributed by atoms with Crippen LogP contribution in [-0.2, 0) is 42.9 Å². The van der Waals surface area contributed by atoms with Gasteiger partial charge in [-0.2, -0.15) is 0 Å². The Morgan fingerprint density at radius 3 is 1.37 bits per heavy atom. The lowest BCUT2D eigenvalue weighted by Crippen LogP contribution is -2.11. The standard InChI is InChI=1S/C57H64O8/c1-7-12-42(38(6)58-30-49-31-59-49)26-39(11-5)56(46-20-23-53(43(27-46)13-8-2)63-35-50-32-60-50)40-16-18-41(19-17-40)57(47-21-24-54(44(28-47)14-9-3)64-36-51-33-61-51)48-22-25-55(45(29-48)15-10-4)65-37-52-34-62-52/h7-10,16-29,49-52,56-57H,1-4,11-15,30-37H2,5-6H3/b39-26+,42-38+. The molecular weight excluding hydrogens is 813 g/mol. The highest BCUT2D eigenvalue weighted by Gasteiger charge is 2.28. The predicted molar refractivity (Wildman–Crippen MR) is 258 cm³/mol. The van der Waals surface area contributed by atoms with Crippen molar-refractivity contribution in [3.8, 4) is 17.2 Å². The van der Waals surface area contributed by atoms with E-state index in [9.17, 15) is 0 Å². The van der Waals surface area contributed by atoms with Gasteiger partial charge in [0.15, 0.2) is 0 Å². The van der Waals surface area contributed by atoms with Crippen molar-refractivity contribution in [2.24, 2.45) is 0 Å². The summed E-state index contributed by atoms with van der Waals surface area (Å²) in [6.07, 6.45) is 14.3. The van der Waals surface area contributed by atoms with Gasteiger partial charge in [-0.25, -0.2) is 0 Å². The van der Waals surface area contributed by atoms with Crippen molar-refractivity contribution in [3.05, 3.63) is 197 Å². The summed E-state index contributed by atoms with van der Waals surface area (Å²) in [5, 5.41) is 0. The Morgan fingerprint density at radius 1 is 0.554 bits per heavy atom. The lowest BCUT2D eigenvalue weighted by atomic mass is 9.79. The molecule has 4 heterocycles. The molecule has 8 nitrogen and oxygen atoms in total. The molecule has 340 valence electrons. The fourth-order valence-electron chi connectivity index (χ4n) is 8.37. The zero-order valence-corrected chi connectivity index (χ0v) is 38.1. The number of rotatable bonds is 28. The molecule has 4 aromatic carbocycles. The Kier molecular flexibility index (Phi) is 15.6.